The van der Waals surface area contributed by atoms with E-state index in [-0.39, 0.29) is 5.91 Å². The number of piperidine rings is 1. The highest BCUT2D eigenvalue weighted by Gasteiger charge is 2.34. The van der Waals surface area contributed by atoms with Gasteiger partial charge in [0, 0.05) is 90.6 Å². The van der Waals surface area contributed by atoms with Crippen molar-refractivity contribution in [3.05, 3.63) is 88.0 Å². The van der Waals surface area contributed by atoms with Gasteiger partial charge in [0.05, 0.1) is 5.54 Å². The van der Waals surface area contributed by atoms with Crippen molar-refractivity contribution in [2.24, 2.45) is 5.73 Å². The number of halogens is 3. The molecule has 11 heteroatoms. The molecule has 8 nitrogen and oxygen atoms in total. The maximum absolute atomic E-state index is 12.8. The topological polar surface area (TPSA) is 87.8 Å². The molecule has 0 bridgehead atoms. The first kappa shape index (κ1) is 33.7. The van der Waals surface area contributed by atoms with Gasteiger partial charge in [-0.3, -0.25) is 14.6 Å². The molecule has 250 valence electrons. The van der Waals surface area contributed by atoms with Crippen molar-refractivity contribution in [2.75, 3.05) is 52.7 Å². The number of carbonyl (C=O) groups excluding carboxylic acids is 1. The van der Waals surface area contributed by atoms with Gasteiger partial charge in [-0.15, -0.1) is 0 Å². The summed E-state index contributed by atoms with van der Waals surface area (Å²) >= 11 is 12.9. The normalized spacial score (nSPS) is 17.2. The Labute approximate surface area is 285 Å². The van der Waals surface area contributed by atoms with Gasteiger partial charge in [0.2, 0.25) is 12.8 Å². The number of alkyl halides is 1. The standard InChI is InChI=1S/C36H43Cl2FN6O2/c37-32-3-1-4-33(38)31(32)23-44-19-17-43(18-20-44)22-26-5-10-34-29(21-26)30(27-6-8-28(9-7-27)47-25-39)24-45(34)16-2-13-42-35(46)36(40)11-14-41-15-12-36/h1,3-10,21,24,41H,2,11-20,22-23,25,40H2,(H,42,46). The molecule has 4 N–H and O–H groups in total. The summed E-state index contributed by atoms with van der Waals surface area (Å²) in [6, 6.07) is 19.9. The molecule has 2 aliphatic heterocycles. The lowest BCUT2D eigenvalue weighted by Gasteiger charge is -2.35. The highest BCUT2D eigenvalue weighted by molar-refractivity contribution is 6.36. The number of ether oxygens (including phenoxy) is 1. The Balaban J connectivity index is 1.14. The van der Waals surface area contributed by atoms with Gasteiger partial charge in [-0.1, -0.05) is 47.5 Å². The molecule has 1 amide bonds. The maximum Gasteiger partial charge on any atom is 0.240 e. The predicted molar refractivity (Wildman–Crippen MR) is 188 cm³/mol. The number of nitrogens with two attached hydrogens (primary N) is 1. The number of benzene rings is 3. The van der Waals surface area contributed by atoms with Crippen molar-refractivity contribution in [3.63, 3.8) is 0 Å². The van der Waals surface area contributed by atoms with Gasteiger partial charge in [0.1, 0.15) is 5.75 Å². The Morgan fingerprint density at radius 3 is 2.32 bits per heavy atom. The fraction of sp³-hybridized carbons (Fsp3) is 0.417. The second-order valence-electron chi connectivity index (χ2n) is 12.6. The zero-order valence-electron chi connectivity index (χ0n) is 26.6. The Morgan fingerprint density at radius 1 is 0.957 bits per heavy atom. The van der Waals surface area contributed by atoms with Crippen molar-refractivity contribution < 1.29 is 13.9 Å². The number of hydrogen-bond donors (Lipinski definition) is 3. The molecule has 2 fully saturated rings. The highest BCUT2D eigenvalue weighted by atomic mass is 35.5. The second-order valence-corrected chi connectivity index (χ2v) is 13.4. The summed E-state index contributed by atoms with van der Waals surface area (Å²) in [4.78, 5) is 17.7. The minimum atomic E-state index is -0.858. The molecule has 0 unspecified atom stereocenters. The lowest BCUT2D eigenvalue weighted by Crippen LogP contribution is -2.59. The average molecular weight is 682 g/mol. The van der Waals surface area contributed by atoms with Crippen LogP contribution in [0, 0.1) is 0 Å². The smallest absolute Gasteiger partial charge is 0.240 e. The van der Waals surface area contributed by atoms with E-state index in [2.05, 4.69) is 49.4 Å². The SMILES string of the molecule is NC1(C(=O)NCCCn2cc(-c3ccc(OCF)cc3)c3cc(CN4CCN(Cc5c(Cl)cccc5Cl)CC4)ccc32)CCNCC1. The van der Waals surface area contributed by atoms with E-state index in [9.17, 15) is 9.18 Å². The number of carbonyl (C=O) groups is 1. The summed E-state index contributed by atoms with van der Waals surface area (Å²) in [5.41, 5.74) is 11.1. The van der Waals surface area contributed by atoms with Gasteiger partial charge in [0.15, 0.2) is 0 Å². The first-order chi connectivity index (χ1) is 22.8. The fourth-order valence-corrected chi connectivity index (χ4v) is 7.17. The molecule has 0 spiro atoms. The summed E-state index contributed by atoms with van der Waals surface area (Å²) in [5.74, 6) is 0.435. The number of piperazine rings is 1. The fourth-order valence-electron chi connectivity index (χ4n) is 6.65. The number of hydrogen-bond acceptors (Lipinski definition) is 6. The molecule has 3 heterocycles. The molecular weight excluding hydrogens is 638 g/mol. The van der Waals surface area contributed by atoms with Crippen LogP contribution in [-0.2, 0) is 24.4 Å². The van der Waals surface area contributed by atoms with Gasteiger partial charge >= 0.3 is 0 Å². The molecular formula is C36H43Cl2FN6O2. The molecule has 0 saturated carbocycles. The van der Waals surface area contributed by atoms with E-state index in [0.717, 1.165) is 92.9 Å². The van der Waals surface area contributed by atoms with Gasteiger partial charge in [-0.2, -0.15) is 0 Å². The summed E-state index contributed by atoms with van der Waals surface area (Å²) in [6.07, 6.45) is 4.25. The number of fused-ring (bicyclic) bond motifs is 1. The zero-order chi connectivity index (χ0) is 32.8. The van der Waals surface area contributed by atoms with Crippen molar-refractivity contribution in [2.45, 2.75) is 44.4 Å². The monoisotopic (exact) mass is 680 g/mol. The van der Waals surface area contributed by atoms with Crippen molar-refractivity contribution in [1.29, 1.82) is 0 Å². The third kappa shape index (κ3) is 8.11. The van der Waals surface area contributed by atoms with E-state index in [1.165, 1.54) is 5.56 Å². The molecule has 1 aromatic heterocycles. The van der Waals surface area contributed by atoms with Crippen LogP contribution in [-0.4, -0.2) is 78.5 Å². The van der Waals surface area contributed by atoms with E-state index in [4.69, 9.17) is 33.7 Å². The molecule has 0 atom stereocenters. The molecule has 0 aliphatic carbocycles. The van der Waals surface area contributed by atoms with Gasteiger partial charge in [-0.05, 0) is 79.9 Å². The number of aromatic nitrogens is 1. The van der Waals surface area contributed by atoms with Crippen molar-refractivity contribution in [3.8, 4) is 16.9 Å². The van der Waals surface area contributed by atoms with Crippen molar-refractivity contribution >= 4 is 40.0 Å². The number of nitrogens with zero attached hydrogens (tertiary/aromatic N) is 3. The minimum absolute atomic E-state index is 0.0641. The summed E-state index contributed by atoms with van der Waals surface area (Å²) < 4.78 is 20.0. The Bertz CT molecular complexity index is 1650. The Morgan fingerprint density at radius 2 is 1.64 bits per heavy atom. The summed E-state index contributed by atoms with van der Waals surface area (Å²) in [7, 11) is 0. The number of rotatable bonds is 12. The minimum Gasteiger partial charge on any atom is -0.463 e. The third-order valence-corrected chi connectivity index (χ3v) is 10.2. The van der Waals surface area contributed by atoms with Crippen LogP contribution in [0.25, 0.3) is 22.0 Å². The van der Waals surface area contributed by atoms with Crippen LogP contribution in [0.3, 0.4) is 0 Å². The summed E-state index contributed by atoms with van der Waals surface area (Å²) in [5, 5.41) is 8.93. The third-order valence-electron chi connectivity index (χ3n) is 9.46. The van der Waals surface area contributed by atoms with Gasteiger partial charge in [-0.25, -0.2) is 4.39 Å². The maximum atomic E-state index is 12.8. The van der Waals surface area contributed by atoms with Crippen LogP contribution in [0.4, 0.5) is 4.39 Å². The first-order valence-electron chi connectivity index (χ1n) is 16.4. The van der Waals surface area contributed by atoms with E-state index in [1.54, 1.807) is 12.1 Å². The van der Waals surface area contributed by atoms with Gasteiger partial charge < -0.3 is 25.7 Å². The van der Waals surface area contributed by atoms with Crippen LogP contribution in [0.1, 0.15) is 30.4 Å². The Kier molecular flexibility index (Phi) is 11.0. The van der Waals surface area contributed by atoms with E-state index < -0.39 is 12.4 Å². The largest absolute Gasteiger partial charge is 0.463 e. The predicted octanol–water partition coefficient (Wildman–Crippen LogP) is 5.83. The van der Waals surface area contributed by atoms with E-state index in [0.29, 0.717) is 35.2 Å². The molecule has 2 saturated heterocycles. The molecule has 2 aliphatic rings. The van der Waals surface area contributed by atoms with Gasteiger partial charge in [0.25, 0.3) is 0 Å². The summed E-state index contributed by atoms with van der Waals surface area (Å²) in [6.45, 7) is 7.37. The average Bonchev–Trinajstić information content (AvgIpc) is 3.44. The van der Waals surface area contributed by atoms with Crippen LogP contribution in [0.5, 0.6) is 5.75 Å². The number of nitrogens with one attached hydrogen (secondary N) is 2. The first-order valence-corrected chi connectivity index (χ1v) is 17.1. The molecule has 3 aromatic carbocycles. The van der Waals surface area contributed by atoms with E-state index >= 15 is 0 Å². The molecule has 4 aromatic rings. The quantitative estimate of drug-likeness (QED) is 0.163. The lowest BCUT2D eigenvalue weighted by atomic mass is 9.88. The lowest BCUT2D eigenvalue weighted by molar-refractivity contribution is -0.127. The van der Waals surface area contributed by atoms with Crippen molar-refractivity contribution in [1.82, 2.24) is 25.0 Å². The molecule has 0 radical (unpaired) electrons. The zero-order valence-corrected chi connectivity index (χ0v) is 28.1. The molecule has 47 heavy (non-hydrogen) atoms. The highest BCUT2D eigenvalue weighted by Crippen LogP contribution is 2.33. The Hall–Kier alpha value is -3.18. The van der Waals surface area contributed by atoms with Crippen LogP contribution in [0.15, 0.2) is 66.9 Å². The number of amides is 1. The van der Waals surface area contributed by atoms with E-state index in [1.807, 2.05) is 30.3 Å². The molecule has 6 rings (SSSR count). The van der Waals surface area contributed by atoms with Crippen LogP contribution < -0.4 is 21.1 Å². The second kappa shape index (κ2) is 15.4. The van der Waals surface area contributed by atoms with Crippen LogP contribution >= 0.6 is 23.2 Å². The number of aryl methyl sites for hydroxylation is 1. The van der Waals surface area contributed by atoms with Crippen LogP contribution in [0.2, 0.25) is 10.0 Å².